The average Bonchev–Trinajstić information content (AvgIpc) is 2.90. The first kappa shape index (κ1) is 14.0. The molecule has 1 aliphatic heterocycles. The third kappa shape index (κ3) is 2.41. The van der Waals surface area contributed by atoms with Gasteiger partial charge in [-0.2, -0.15) is 0 Å². The van der Waals surface area contributed by atoms with Crippen molar-refractivity contribution in [2.45, 2.75) is 13.0 Å². The summed E-state index contributed by atoms with van der Waals surface area (Å²) in [6.07, 6.45) is 2.82. The SMILES string of the molecule is Nc1ccc2c(=O)n3c(nc2c1)/C(=C/c1cccc(Cl)c1)CC3. The molecule has 0 saturated heterocycles. The third-order valence-corrected chi connectivity index (χ3v) is 4.30. The molecule has 3 aromatic rings. The second-order valence-electron chi connectivity index (χ2n) is 5.64. The van der Waals surface area contributed by atoms with Crippen molar-refractivity contribution >= 4 is 39.8 Å². The smallest absolute Gasteiger partial charge is 0.261 e. The van der Waals surface area contributed by atoms with E-state index in [1.165, 1.54) is 0 Å². The van der Waals surface area contributed by atoms with Gasteiger partial charge in [0.25, 0.3) is 5.56 Å². The van der Waals surface area contributed by atoms with E-state index in [1.54, 1.807) is 22.8 Å². The van der Waals surface area contributed by atoms with Crippen molar-refractivity contribution in [2.75, 3.05) is 5.73 Å². The number of halogens is 1. The van der Waals surface area contributed by atoms with Crippen LogP contribution < -0.4 is 11.3 Å². The number of benzene rings is 2. The Bertz CT molecular complexity index is 1020. The van der Waals surface area contributed by atoms with Crippen molar-refractivity contribution in [2.24, 2.45) is 0 Å². The van der Waals surface area contributed by atoms with Gasteiger partial charge in [0.1, 0.15) is 5.82 Å². The van der Waals surface area contributed by atoms with Gasteiger partial charge in [-0.05, 0) is 54.0 Å². The first-order chi connectivity index (χ1) is 11.1. The Kier molecular flexibility index (Phi) is 3.20. The number of nitrogens with two attached hydrogens (primary N) is 1. The van der Waals surface area contributed by atoms with Gasteiger partial charge in [-0.1, -0.05) is 23.7 Å². The molecule has 1 aromatic heterocycles. The molecule has 0 bridgehead atoms. The zero-order valence-electron chi connectivity index (χ0n) is 12.3. The highest BCUT2D eigenvalue weighted by atomic mass is 35.5. The molecule has 4 nitrogen and oxygen atoms in total. The summed E-state index contributed by atoms with van der Waals surface area (Å²) in [5, 5.41) is 1.29. The summed E-state index contributed by atoms with van der Waals surface area (Å²) in [6.45, 7) is 0.647. The van der Waals surface area contributed by atoms with E-state index < -0.39 is 0 Å². The van der Waals surface area contributed by atoms with Crippen molar-refractivity contribution < 1.29 is 0 Å². The Balaban J connectivity index is 1.91. The zero-order chi connectivity index (χ0) is 16.0. The third-order valence-electron chi connectivity index (χ3n) is 4.06. The van der Waals surface area contributed by atoms with Gasteiger partial charge >= 0.3 is 0 Å². The number of aromatic nitrogens is 2. The molecular formula is C18H14ClN3O. The second kappa shape index (κ2) is 5.25. The van der Waals surface area contributed by atoms with E-state index in [9.17, 15) is 4.79 Å². The van der Waals surface area contributed by atoms with Crippen molar-refractivity contribution in [1.82, 2.24) is 9.55 Å². The molecule has 2 aromatic carbocycles. The fourth-order valence-corrected chi connectivity index (χ4v) is 3.17. The molecule has 23 heavy (non-hydrogen) atoms. The molecule has 1 aliphatic rings. The molecule has 0 aliphatic carbocycles. The first-order valence-electron chi connectivity index (χ1n) is 7.38. The van der Waals surface area contributed by atoms with Gasteiger partial charge < -0.3 is 5.73 Å². The van der Waals surface area contributed by atoms with E-state index in [-0.39, 0.29) is 5.56 Å². The number of allylic oxidation sites excluding steroid dienone is 1. The number of anilines is 1. The van der Waals surface area contributed by atoms with Crippen LogP contribution >= 0.6 is 11.6 Å². The summed E-state index contributed by atoms with van der Waals surface area (Å²) < 4.78 is 1.73. The lowest BCUT2D eigenvalue weighted by Crippen LogP contribution is -2.20. The summed E-state index contributed by atoms with van der Waals surface area (Å²) in [7, 11) is 0. The number of rotatable bonds is 1. The molecule has 2 heterocycles. The van der Waals surface area contributed by atoms with Gasteiger partial charge in [0, 0.05) is 17.3 Å². The van der Waals surface area contributed by atoms with Crippen molar-refractivity contribution in [3.63, 3.8) is 0 Å². The van der Waals surface area contributed by atoms with Gasteiger partial charge in [0.15, 0.2) is 0 Å². The normalized spacial score (nSPS) is 15.3. The van der Waals surface area contributed by atoms with Gasteiger partial charge in [-0.25, -0.2) is 4.98 Å². The molecule has 4 rings (SSSR count). The van der Waals surface area contributed by atoms with Crippen LogP contribution in [-0.2, 0) is 6.54 Å². The van der Waals surface area contributed by atoms with Crippen LogP contribution in [-0.4, -0.2) is 9.55 Å². The Morgan fingerprint density at radius 3 is 2.91 bits per heavy atom. The lowest BCUT2D eigenvalue weighted by atomic mass is 10.1. The molecule has 0 fully saturated rings. The maximum Gasteiger partial charge on any atom is 0.261 e. The lowest BCUT2D eigenvalue weighted by molar-refractivity contribution is 0.725. The maximum absolute atomic E-state index is 12.6. The average molecular weight is 324 g/mol. The van der Waals surface area contributed by atoms with Crippen molar-refractivity contribution in [1.29, 1.82) is 0 Å². The minimum atomic E-state index is -0.0144. The van der Waals surface area contributed by atoms with E-state index in [0.29, 0.717) is 34.0 Å². The quantitative estimate of drug-likeness (QED) is 0.696. The van der Waals surface area contributed by atoms with Crippen molar-refractivity contribution in [3.05, 3.63) is 69.2 Å². The largest absolute Gasteiger partial charge is 0.399 e. The monoisotopic (exact) mass is 323 g/mol. The zero-order valence-corrected chi connectivity index (χ0v) is 13.0. The molecular weight excluding hydrogens is 310 g/mol. The van der Waals surface area contributed by atoms with Crippen LogP contribution in [0.25, 0.3) is 22.6 Å². The summed E-state index contributed by atoms with van der Waals surface area (Å²) in [5.41, 5.74) is 9.08. The van der Waals surface area contributed by atoms with Gasteiger partial charge in [-0.15, -0.1) is 0 Å². The van der Waals surface area contributed by atoms with Crippen LogP contribution in [0, 0.1) is 0 Å². The summed E-state index contributed by atoms with van der Waals surface area (Å²) >= 11 is 6.04. The number of nitrogen functional groups attached to an aromatic ring is 1. The van der Waals surface area contributed by atoms with Gasteiger partial charge in [0.2, 0.25) is 0 Å². The van der Waals surface area contributed by atoms with Crippen LogP contribution in [0.5, 0.6) is 0 Å². The summed E-state index contributed by atoms with van der Waals surface area (Å²) in [6, 6.07) is 12.8. The molecule has 0 amide bonds. The molecule has 0 radical (unpaired) electrons. The highest BCUT2D eigenvalue weighted by molar-refractivity contribution is 6.30. The van der Waals surface area contributed by atoms with Crippen LogP contribution in [0.15, 0.2) is 47.3 Å². The minimum absolute atomic E-state index is 0.0144. The van der Waals surface area contributed by atoms with Crippen LogP contribution in [0.4, 0.5) is 5.69 Å². The number of fused-ring (bicyclic) bond motifs is 2. The molecule has 5 heteroatoms. The number of hydrogen-bond donors (Lipinski definition) is 1. The minimum Gasteiger partial charge on any atom is -0.399 e. The van der Waals surface area contributed by atoms with E-state index in [1.807, 2.05) is 30.3 Å². The predicted octanol–water partition coefficient (Wildman–Crippen LogP) is 3.58. The Morgan fingerprint density at radius 1 is 1.22 bits per heavy atom. The number of hydrogen-bond acceptors (Lipinski definition) is 3. The molecule has 0 spiro atoms. The van der Waals surface area contributed by atoms with Crippen LogP contribution in [0.3, 0.4) is 0 Å². The molecule has 114 valence electrons. The van der Waals surface area contributed by atoms with Gasteiger partial charge in [0.05, 0.1) is 10.9 Å². The molecule has 0 atom stereocenters. The van der Waals surface area contributed by atoms with Gasteiger partial charge in [-0.3, -0.25) is 9.36 Å². The van der Waals surface area contributed by atoms with E-state index in [0.717, 1.165) is 17.6 Å². The highest BCUT2D eigenvalue weighted by Gasteiger charge is 2.20. The van der Waals surface area contributed by atoms with E-state index in [4.69, 9.17) is 17.3 Å². The Morgan fingerprint density at radius 2 is 2.09 bits per heavy atom. The fourth-order valence-electron chi connectivity index (χ4n) is 2.97. The Hall–Kier alpha value is -2.59. The number of nitrogens with zero attached hydrogens (tertiary/aromatic N) is 2. The molecule has 0 unspecified atom stereocenters. The van der Waals surface area contributed by atoms with E-state index in [2.05, 4.69) is 4.98 Å². The topological polar surface area (TPSA) is 60.9 Å². The Labute approximate surface area is 137 Å². The molecule has 2 N–H and O–H groups in total. The summed E-state index contributed by atoms with van der Waals surface area (Å²) in [4.78, 5) is 17.3. The molecule has 0 saturated carbocycles. The standard InChI is InChI=1S/C18H14ClN3O/c19-13-3-1-2-11(9-13)8-12-6-7-22-17(12)21-16-10-14(20)4-5-15(16)18(22)23/h1-5,8-10H,6-7,20H2/b12-8+. The maximum atomic E-state index is 12.6. The van der Waals surface area contributed by atoms with Crippen LogP contribution in [0.1, 0.15) is 17.8 Å². The first-order valence-corrected chi connectivity index (χ1v) is 7.76. The fraction of sp³-hybridized carbons (Fsp3) is 0.111. The highest BCUT2D eigenvalue weighted by Crippen LogP contribution is 2.28. The van der Waals surface area contributed by atoms with E-state index >= 15 is 0 Å². The summed E-state index contributed by atoms with van der Waals surface area (Å²) in [5.74, 6) is 0.716. The predicted molar refractivity (Wildman–Crippen MR) is 94.4 cm³/mol. The van der Waals surface area contributed by atoms with Crippen LogP contribution in [0.2, 0.25) is 5.02 Å². The lowest BCUT2D eigenvalue weighted by Gasteiger charge is -2.06. The van der Waals surface area contributed by atoms with Crippen molar-refractivity contribution in [3.8, 4) is 0 Å². The second-order valence-corrected chi connectivity index (χ2v) is 6.08.